The van der Waals surface area contributed by atoms with Gasteiger partial charge in [-0.2, -0.15) is 0 Å². The molecule has 24 heavy (non-hydrogen) atoms. The summed E-state index contributed by atoms with van der Waals surface area (Å²) in [5.41, 5.74) is 10.7. The first-order chi connectivity index (χ1) is 11.5. The number of rotatable bonds is 6. The first-order valence-electron chi connectivity index (χ1n) is 8.34. The standard InChI is InChI=1S/C15H20FN3O.2C2H6/c1-3-11(5-4-10(2)16)8-13-9-12(15(17)20)6-7-14(13)19-18;2*1-2/h3-7,9-10,19H,8,18H2,1-2H3,(H2,17,20);2*1-2H3/b5-4-,11-3+;;. The summed E-state index contributed by atoms with van der Waals surface area (Å²) in [6.07, 6.45) is 4.61. The van der Waals surface area contributed by atoms with Crippen LogP contribution in [-0.2, 0) is 6.42 Å². The summed E-state index contributed by atoms with van der Waals surface area (Å²) in [7, 11) is 0. The SMILES string of the molecule is C/C=C(\C=C/C(C)F)Cc1cc(C(N)=O)ccc1NN.CC.CC. The lowest BCUT2D eigenvalue weighted by Gasteiger charge is -2.11. The van der Waals surface area contributed by atoms with Crippen LogP contribution < -0.4 is 17.0 Å². The van der Waals surface area contributed by atoms with Crippen LogP contribution in [0.3, 0.4) is 0 Å². The van der Waals surface area contributed by atoms with Crippen LogP contribution in [0.2, 0.25) is 0 Å². The van der Waals surface area contributed by atoms with Gasteiger partial charge in [0.1, 0.15) is 6.17 Å². The average molecular weight is 337 g/mol. The summed E-state index contributed by atoms with van der Waals surface area (Å²) in [5, 5.41) is 0. The van der Waals surface area contributed by atoms with E-state index in [0.717, 1.165) is 11.1 Å². The summed E-state index contributed by atoms with van der Waals surface area (Å²) < 4.78 is 12.8. The number of primary amides is 1. The largest absolute Gasteiger partial charge is 0.366 e. The molecule has 0 saturated heterocycles. The van der Waals surface area contributed by atoms with Gasteiger partial charge >= 0.3 is 0 Å². The van der Waals surface area contributed by atoms with E-state index >= 15 is 0 Å². The molecular weight excluding hydrogens is 305 g/mol. The Kier molecular flexibility index (Phi) is 14.5. The van der Waals surface area contributed by atoms with E-state index in [2.05, 4.69) is 5.43 Å². The lowest BCUT2D eigenvalue weighted by Crippen LogP contribution is -2.14. The van der Waals surface area contributed by atoms with Gasteiger partial charge < -0.3 is 11.2 Å². The molecule has 4 nitrogen and oxygen atoms in total. The van der Waals surface area contributed by atoms with Gasteiger partial charge in [-0.3, -0.25) is 10.6 Å². The van der Waals surface area contributed by atoms with Crippen LogP contribution in [0.5, 0.6) is 0 Å². The molecule has 1 atom stereocenters. The van der Waals surface area contributed by atoms with Crippen molar-refractivity contribution in [3.63, 3.8) is 0 Å². The summed E-state index contributed by atoms with van der Waals surface area (Å²) in [6, 6.07) is 4.99. The van der Waals surface area contributed by atoms with Crippen molar-refractivity contribution in [3.8, 4) is 0 Å². The molecule has 136 valence electrons. The molecule has 0 aliphatic rings. The number of nitrogens with one attached hydrogen (secondary N) is 1. The van der Waals surface area contributed by atoms with Crippen LogP contribution in [-0.4, -0.2) is 12.1 Å². The lowest BCUT2D eigenvalue weighted by molar-refractivity contribution is 0.1000. The number of nitrogens with two attached hydrogens (primary N) is 2. The smallest absolute Gasteiger partial charge is 0.248 e. The van der Waals surface area contributed by atoms with Gasteiger partial charge in [0, 0.05) is 5.56 Å². The third kappa shape index (κ3) is 9.10. The number of hydrogen-bond donors (Lipinski definition) is 3. The van der Waals surface area contributed by atoms with Gasteiger partial charge in [0.25, 0.3) is 0 Å². The number of alkyl halides is 1. The zero-order valence-corrected chi connectivity index (χ0v) is 15.7. The molecule has 0 saturated carbocycles. The van der Waals surface area contributed by atoms with Gasteiger partial charge in [-0.25, -0.2) is 4.39 Å². The van der Waals surface area contributed by atoms with E-state index < -0.39 is 12.1 Å². The molecule has 1 amide bonds. The van der Waals surface area contributed by atoms with E-state index in [1.807, 2.05) is 40.7 Å². The normalized spacial score (nSPS) is 11.8. The van der Waals surface area contributed by atoms with E-state index in [-0.39, 0.29) is 0 Å². The molecule has 5 heteroatoms. The fourth-order valence-corrected chi connectivity index (χ4v) is 1.77. The third-order valence-corrected chi connectivity index (χ3v) is 2.89. The second-order valence-corrected chi connectivity index (χ2v) is 4.46. The first-order valence-corrected chi connectivity index (χ1v) is 8.34. The lowest BCUT2D eigenvalue weighted by atomic mass is 10.00. The Morgan fingerprint density at radius 1 is 1.29 bits per heavy atom. The number of anilines is 1. The molecular formula is C19H32FN3O. The Labute approximate surface area is 145 Å². The number of amides is 1. The number of carbonyl (C=O) groups is 1. The molecule has 1 aromatic rings. The minimum absolute atomic E-state index is 0.414. The Hall–Kier alpha value is -2.14. The van der Waals surface area contributed by atoms with E-state index in [1.54, 1.807) is 24.3 Å². The van der Waals surface area contributed by atoms with Crippen molar-refractivity contribution in [1.29, 1.82) is 0 Å². The summed E-state index contributed by atoms with van der Waals surface area (Å²) in [6.45, 7) is 11.3. The molecule has 0 heterocycles. The van der Waals surface area contributed by atoms with Crippen LogP contribution in [0.4, 0.5) is 10.1 Å². The number of allylic oxidation sites excluding steroid dienone is 4. The number of halogens is 1. The third-order valence-electron chi connectivity index (χ3n) is 2.89. The molecule has 0 radical (unpaired) electrons. The van der Waals surface area contributed by atoms with Gasteiger partial charge in [-0.15, -0.1) is 0 Å². The molecule has 0 aromatic heterocycles. The molecule has 1 rings (SSSR count). The van der Waals surface area contributed by atoms with Crippen molar-refractivity contribution in [1.82, 2.24) is 0 Å². The van der Waals surface area contributed by atoms with Crippen LogP contribution in [0, 0.1) is 0 Å². The van der Waals surface area contributed by atoms with Crippen molar-refractivity contribution in [3.05, 3.63) is 53.1 Å². The van der Waals surface area contributed by atoms with E-state index in [9.17, 15) is 9.18 Å². The molecule has 5 N–H and O–H groups in total. The fraction of sp³-hybridized carbons (Fsp3) is 0.421. The highest BCUT2D eigenvalue weighted by atomic mass is 19.1. The van der Waals surface area contributed by atoms with Gasteiger partial charge in [-0.1, -0.05) is 45.9 Å². The van der Waals surface area contributed by atoms with Gasteiger partial charge in [0.05, 0.1) is 5.69 Å². The maximum absolute atomic E-state index is 12.8. The molecule has 0 aliphatic heterocycles. The average Bonchev–Trinajstić information content (AvgIpc) is 2.61. The number of nitrogen functional groups attached to an aromatic ring is 1. The second kappa shape index (κ2) is 14.5. The second-order valence-electron chi connectivity index (χ2n) is 4.46. The van der Waals surface area contributed by atoms with Crippen molar-refractivity contribution in [2.45, 2.75) is 54.1 Å². The molecule has 0 bridgehead atoms. The van der Waals surface area contributed by atoms with Crippen LogP contribution in [0.25, 0.3) is 0 Å². The van der Waals surface area contributed by atoms with Crippen LogP contribution in [0.15, 0.2) is 42.0 Å². The Balaban J connectivity index is 0. The number of carbonyl (C=O) groups excluding carboxylic acids is 1. The minimum atomic E-state index is -1.01. The monoisotopic (exact) mass is 337 g/mol. The van der Waals surface area contributed by atoms with Crippen molar-refractivity contribution < 1.29 is 9.18 Å². The quantitative estimate of drug-likeness (QED) is 0.405. The summed E-state index contributed by atoms with van der Waals surface area (Å²) in [4.78, 5) is 11.2. The summed E-state index contributed by atoms with van der Waals surface area (Å²) in [5.74, 6) is 4.96. The zero-order chi connectivity index (χ0) is 19.1. The predicted molar refractivity (Wildman–Crippen MR) is 103 cm³/mol. The van der Waals surface area contributed by atoms with Gasteiger partial charge in [0.2, 0.25) is 5.91 Å². The maximum Gasteiger partial charge on any atom is 0.248 e. The van der Waals surface area contributed by atoms with Gasteiger partial charge in [-0.05, 0) is 49.6 Å². The van der Waals surface area contributed by atoms with Gasteiger partial charge in [0.15, 0.2) is 0 Å². The van der Waals surface area contributed by atoms with Crippen LogP contribution >= 0.6 is 0 Å². The Bertz CT molecular complexity index is 537. The predicted octanol–water partition coefficient (Wildman–Crippen LogP) is 4.53. The molecule has 1 aromatic carbocycles. The molecule has 0 spiro atoms. The van der Waals surface area contributed by atoms with Crippen LogP contribution in [0.1, 0.15) is 57.5 Å². The minimum Gasteiger partial charge on any atom is -0.366 e. The fourth-order valence-electron chi connectivity index (χ4n) is 1.77. The summed E-state index contributed by atoms with van der Waals surface area (Å²) >= 11 is 0. The maximum atomic E-state index is 12.8. The van der Waals surface area contributed by atoms with E-state index in [1.165, 1.54) is 13.0 Å². The van der Waals surface area contributed by atoms with E-state index in [0.29, 0.717) is 17.7 Å². The number of hydrogen-bond acceptors (Lipinski definition) is 3. The molecule has 1 unspecified atom stereocenters. The first kappa shape index (κ1) is 24.1. The zero-order valence-electron chi connectivity index (χ0n) is 15.7. The molecule has 0 fully saturated rings. The Morgan fingerprint density at radius 2 is 1.88 bits per heavy atom. The Morgan fingerprint density at radius 3 is 2.29 bits per heavy atom. The van der Waals surface area contributed by atoms with Crippen molar-refractivity contribution in [2.75, 3.05) is 5.43 Å². The van der Waals surface area contributed by atoms with E-state index in [4.69, 9.17) is 11.6 Å². The highest BCUT2D eigenvalue weighted by Crippen LogP contribution is 2.21. The number of benzene rings is 1. The topological polar surface area (TPSA) is 81.1 Å². The highest BCUT2D eigenvalue weighted by Gasteiger charge is 2.08. The highest BCUT2D eigenvalue weighted by molar-refractivity contribution is 5.93. The van der Waals surface area contributed by atoms with Crippen molar-refractivity contribution >= 4 is 11.6 Å². The van der Waals surface area contributed by atoms with Crippen molar-refractivity contribution in [2.24, 2.45) is 11.6 Å². The number of hydrazine groups is 1. The molecule has 0 aliphatic carbocycles.